The van der Waals surface area contributed by atoms with E-state index in [9.17, 15) is 4.79 Å². The second-order valence-corrected chi connectivity index (χ2v) is 10.7. The number of aromatic amines is 2. The van der Waals surface area contributed by atoms with Crippen molar-refractivity contribution in [2.24, 2.45) is 0 Å². The maximum absolute atomic E-state index is 13.2. The van der Waals surface area contributed by atoms with E-state index < -0.39 is 0 Å². The topological polar surface area (TPSA) is 92.9 Å². The fourth-order valence-corrected chi connectivity index (χ4v) is 6.53. The minimum absolute atomic E-state index is 0.197. The number of hydrogen-bond donors (Lipinski definition) is 3. The first-order valence-corrected chi connectivity index (χ1v) is 13.3. The van der Waals surface area contributed by atoms with Gasteiger partial charge in [0.15, 0.2) is 0 Å². The van der Waals surface area contributed by atoms with Crippen LogP contribution < -0.4 is 5.32 Å². The molecule has 5 heterocycles. The van der Waals surface area contributed by atoms with Gasteiger partial charge in [-0.25, -0.2) is 4.98 Å². The van der Waals surface area contributed by atoms with E-state index in [4.69, 9.17) is 4.98 Å². The van der Waals surface area contributed by atoms with E-state index in [1.165, 1.54) is 19.4 Å². The molecule has 0 bridgehead atoms. The maximum atomic E-state index is 13.2. The third-order valence-corrected chi connectivity index (χ3v) is 8.36. The summed E-state index contributed by atoms with van der Waals surface area (Å²) in [5.74, 6) is -0.197. The van der Waals surface area contributed by atoms with Crippen LogP contribution in [0.15, 0.2) is 54.2 Å². The Labute approximate surface area is 212 Å². The van der Waals surface area contributed by atoms with Gasteiger partial charge in [-0.15, -0.1) is 11.3 Å². The molecule has 2 fully saturated rings. The predicted molar refractivity (Wildman–Crippen MR) is 143 cm³/mol. The van der Waals surface area contributed by atoms with Gasteiger partial charge in [0.2, 0.25) is 0 Å². The Balaban J connectivity index is 1.13. The molecule has 2 aliphatic heterocycles. The molecule has 0 saturated carbocycles. The summed E-state index contributed by atoms with van der Waals surface area (Å²) in [4.78, 5) is 26.3. The van der Waals surface area contributed by atoms with Crippen LogP contribution in [0.3, 0.4) is 0 Å². The highest BCUT2D eigenvalue weighted by atomic mass is 32.1. The summed E-state index contributed by atoms with van der Waals surface area (Å²) in [5.41, 5.74) is 5.24. The van der Waals surface area contributed by atoms with Gasteiger partial charge in [0.05, 0.1) is 23.9 Å². The van der Waals surface area contributed by atoms with Crippen LogP contribution >= 0.6 is 11.3 Å². The molecule has 182 valence electrons. The summed E-state index contributed by atoms with van der Waals surface area (Å²) in [7, 11) is 0. The Morgan fingerprint density at radius 1 is 1.14 bits per heavy atom. The largest absolute Gasteiger partial charge is 0.361 e. The van der Waals surface area contributed by atoms with Crippen molar-refractivity contribution in [1.29, 1.82) is 0 Å². The highest BCUT2D eigenvalue weighted by Crippen LogP contribution is 2.34. The highest BCUT2D eigenvalue weighted by Gasteiger charge is 2.30. The summed E-state index contributed by atoms with van der Waals surface area (Å²) in [5, 5.41) is 15.2. The van der Waals surface area contributed by atoms with Gasteiger partial charge in [0.1, 0.15) is 10.7 Å². The third kappa shape index (κ3) is 3.89. The van der Waals surface area contributed by atoms with Crippen molar-refractivity contribution < 1.29 is 4.79 Å². The molecular weight excluding hydrogens is 470 g/mol. The number of nitrogens with zero attached hydrogens (tertiary/aromatic N) is 4. The summed E-state index contributed by atoms with van der Waals surface area (Å²) < 4.78 is 0. The van der Waals surface area contributed by atoms with Crippen molar-refractivity contribution in [3.63, 3.8) is 0 Å². The molecular formula is C27H27N7OS. The van der Waals surface area contributed by atoms with Crippen molar-refractivity contribution in [2.75, 3.05) is 31.5 Å². The zero-order valence-corrected chi connectivity index (χ0v) is 20.6. The molecule has 1 amide bonds. The van der Waals surface area contributed by atoms with Crippen LogP contribution in [-0.2, 0) is 6.54 Å². The zero-order chi connectivity index (χ0) is 24.1. The van der Waals surface area contributed by atoms with Crippen LogP contribution in [0.5, 0.6) is 0 Å². The van der Waals surface area contributed by atoms with Crippen LogP contribution in [0.25, 0.3) is 32.9 Å². The molecule has 1 unspecified atom stereocenters. The summed E-state index contributed by atoms with van der Waals surface area (Å²) in [6.07, 6.45) is 6.30. The standard InChI is InChI=1S/C27H27N7OS/c35-27(25-16-36-26(30-25)15-33-9-10-34-8-2-3-18(34)14-33)31-23-11-17(12-24-21(23)13-29-32-24)19-4-1-5-22-20(19)6-7-28-22/h1,4-7,11-13,16,18,28H,2-3,8-10,14-15H2,(H,29,32)(H,31,35). The molecule has 2 saturated heterocycles. The van der Waals surface area contributed by atoms with E-state index in [1.54, 1.807) is 17.5 Å². The monoisotopic (exact) mass is 497 g/mol. The minimum atomic E-state index is -0.197. The molecule has 9 heteroatoms. The van der Waals surface area contributed by atoms with Gasteiger partial charge in [-0.2, -0.15) is 5.10 Å². The maximum Gasteiger partial charge on any atom is 0.275 e. The number of aromatic nitrogens is 4. The average Bonchev–Trinajstić information content (AvgIpc) is 3.70. The second kappa shape index (κ2) is 8.85. The molecule has 36 heavy (non-hydrogen) atoms. The van der Waals surface area contributed by atoms with Crippen molar-refractivity contribution >= 4 is 44.7 Å². The molecule has 3 N–H and O–H groups in total. The van der Waals surface area contributed by atoms with Crippen LogP contribution in [-0.4, -0.2) is 68.1 Å². The first-order chi connectivity index (χ1) is 17.7. The number of carbonyl (C=O) groups excluding carboxylic acids is 1. The lowest BCUT2D eigenvalue weighted by atomic mass is 9.99. The quantitative estimate of drug-likeness (QED) is 0.327. The van der Waals surface area contributed by atoms with E-state index in [0.29, 0.717) is 11.7 Å². The summed E-state index contributed by atoms with van der Waals surface area (Å²) >= 11 is 1.57. The van der Waals surface area contributed by atoms with E-state index >= 15 is 0 Å². The number of hydrogen-bond acceptors (Lipinski definition) is 6. The van der Waals surface area contributed by atoms with Gasteiger partial charge in [0.25, 0.3) is 5.91 Å². The molecule has 1 atom stereocenters. The van der Waals surface area contributed by atoms with Crippen molar-refractivity contribution in [3.8, 4) is 11.1 Å². The van der Waals surface area contributed by atoms with Crippen molar-refractivity contribution in [2.45, 2.75) is 25.4 Å². The minimum Gasteiger partial charge on any atom is -0.361 e. The number of fused-ring (bicyclic) bond motifs is 3. The van der Waals surface area contributed by atoms with E-state index in [0.717, 1.165) is 69.8 Å². The number of nitrogens with one attached hydrogen (secondary N) is 3. The SMILES string of the molecule is O=C(Nc1cc(-c2cccc3[nH]ccc23)cc2[nH]ncc12)c1csc(CN2CCN3CCCC3C2)n1. The summed E-state index contributed by atoms with van der Waals surface area (Å²) in [6.45, 7) is 5.35. The molecule has 0 spiro atoms. The highest BCUT2D eigenvalue weighted by molar-refractivity contribution is 7.09. The van der Waals surface area contributed by atoms with Gasteiger partial charge < -0.3 is 10.3 Å². The number of amides is 1. The fourth-order valence-electron chi connectivity index (χ4n) is 5.71. The van der Waals surface area contributed by atoms with E-state index in [1.807, 2.05) is 23.7 Å². The van der Waals surface area contributed by atoms with Crippen LogP contribution in [0, 0.1) is 0 Å². The smallest absolute Gasteiger partial charge is 0.275 e. The number of piperazine rings is 1. The number of H-pyrrole nitrogens is 2. The van der Waals surface area contributed by atoms with Gasteiger partial charge in [-0.05, 0) is 54.8 Å². The first kappa shape index (κ1) is 21.7. The zero-order valence-electron chi connectivity index (χ0n) is 19.8. The van der Waals surface area contributed by atoms with Gasteiger partial charge >= 0.3 is 0 Å². The van der Waals surface area contributed by atoms with Crippen LogP contribution in [0.4, 0.5) is 5.69 Å². The number of carbonyl (C=O) groups is 1. The third-order valence-electron chi connectivity index (χ3n) is 7.53. The Hall–Kier alpha value is -3.53. The summed E-state index contributed by atoms with van der Waals surface area (Å²) in [6, 6.07) is 13.0. The van der Waals surface area contributed by atoms with Gasteiger partial charge in [-0.3, -0.25) is 19.7 Å². The van der Waals surface area contributed by atoms with Crippen LogP contribution in [0.2, 0.25) is 0 Å². The molecule has 2 aliphatic rings. The molecule has 2 aromatic carbocycles. The number of rotatable bonds is 5. The lowest BCUT2D eigenvalue weighted by molar-refractivity contribution is 0.0986. The lowest BCUT2D eigenvalue weighted by Gasteiger charge is -2.37. The molecule has 3 aromatic heterocycles. The number of thiazole rings is 1. The molecule has 7 rings (SSSR count). The predicted octanol–water partition coefficient (Wildman–Crippen LogP) is 4.70. The van der Waals surface area contributed by atoms with Crippen molar-refractivity contribution in [1.82, 2.24) is 30.0 Å². The molecule has 5 aromatic rings. The Morgan fingerprint density at radius 3 is 3.08 bits per heavy atom. The molecule has 0 aliphatic carbocycles. The first-order valence-electron chi connectivity index (χ1n) is 12.5. The van der Waals surface area contributed by atoms with Crippen LogP contribution in [0.1, 0.15) is 28.3 Å². The average molecular weight is 498 g/mol. The second-order valence-electron chi connectivity index (χ2n) is 9.75. The molecule has 0 radical (unpaired) electrons. The number of benzene rings is 2. The van der Waals surface area contributed by atoms with Gasteiger partial charge in [-0.1, -0.05) is 12.1 Å². The Bertz CT molecular complexity index is 1570. The molecule has 8 nitrogen and oxygen atoms in total. The van der Waals surface area contributed by atoms with E-state index in [2.05, 4.69) is 54.6 Å². The normalized spacial score (nSPS) is 18.7. The fraction of sp³-hybridized carbons (Fsp3) is 0.296. The van der Waals surface area contributed by atoms with E-state index in [-0.39, 0.29) is 5.91 Å². The Morgan fingerprint density at radius 2 is 2.11 bits per heavy atom. The lowest BCUT2D eigenvalue weighted by Crippen LogP contribution is -2.49. The van der Waals surface area contributed by atoms with Crippen molar-refractivity contribution in [3.05, 3.63) is 64.9 Å². The van der Waals surface area contributed by atoms with Gasteiger partial charge in [0, 0.05) is 53.5 Å². The number of anilines is 1. The Kier molecular flexibility index (Phi) is 5.34.